The van der Waals surface area contributed by atoms with E-state index in [9.17, 15) is 0 Å². The van der Waals surface area contributed by atoms with Crippen LogP contribution in [0, 0.1) is 6.92 Å². The Hall–Kier alpha value is -1.03. The maximum atomic E-state index is 6.12. The number of benzene rings is 1. The standard InChI is InChI=1S/C11H11Cl2N3/c1-6-10(5-14)15-16-11(6)8-3-2-7(12)4-9(8)13/h2-4H,5,14H2,1H3,(H,15,16). The van der Waals surface area contributed by atoms with Gasteiger partial charge in [-0.05, 0) is 30.7 Å². The summed E-state index contributed by atoms with van der Waals surface area (Å²) in [4.78, 5) is 0. The summed E-state index contributed by atoms with van der Waals surface area (Å²) in [6.07, 6.45) is 0. The van der Waals surface area contributed by atoms with Gasteiger partial charge in [-0.2, -0.15) is 5.10 Å². The smallest absolute Gasteiger partial charge is 0.0968 e. The first-order valence-corrected chi connectivity index (χ1v) is 5.58. The van der Waals surface area contributed by atoms with Crippen molar-refractivity contribution < 1.29 is 0 Å². The number of halogens is 2. The third-order valence-electron chi connectivity index (χ3n) is 2.50. The van der Waals surface area contributed by atoms with E-state index in [1.165, 1.54) is 0 Å². The number of hydrogen-bond donors (Lipinski definition) is 2. The molecule has 3 N–H and O–H groups in total. The molecule has 0 spiro atoms. The molecule has 0 fully saturated rings. The molecule has 1 heterocycles. The van der Waals surface area contributed by atoms with Gasteiger partial charge in [0, 0.05) is 17.1 Å². The summed E-state index contributed by atoms with van der Waals surface area (Å²) in [6, 6.07) is 5.35. The molecule has 0 amide bonds. The van der Waals surface area contributed by atoms with Crippen molar-refractivity contribution in [3.8, 4) is 11.3 Å². The Labute approximate surface area is 104 Å². The fraction of sp³-hybridized carbons (Fsp3) is 0.182. The minimum atomic E-state index is 0.435. The Morgan fingerprint density at radius 1 is 1.38 bits per heavy atom. The first kappa shape index (κ1) is 11.5. The average molecular weight is 256 g/mol. The minimum absolute atomic E-state index is 0.435. The molecule has 2 rings (SSSR count). The number of rotatable bonds is 2. The van der Waals surface area contributed by atoms with Crippen molar-refractivity contribution in [1.82, 2.24) is 10.2 Å². The fourth-order valence-corrected chi connectivity index (χ4v) is 2.07. The van der Waals surface area contributed by atoms with E-state index in [1.807, 2.05) is 13.0 Å². The number of hydrogen-bond acceptors (Lipinski definition) is 2. The lowest BCUT2D eigenvalue weighted by atomic mass is 10.1. The molecule has 0 aliphatic rings. The monoisotopic (exact) mass is 255 g/mol. The van der Waals surface area contributed by atoms with Gasteiger partial charge in [-0.3, -0.25) is 5.10 Å². The van der Waals surface area contributed by atoms with Crippen molar-refractivity contribution in [1.29, 1.82) is 0 Å². The maximum Gasteiger partial charge on any atom is 0.0968 e. The number of H-pyrrole nitrogens is 1. The van der Waals surface area contributed by atoms with Gasteiger partial charge in [0.1, 0.15) is 0 Å². The number of aromatic nitrogens is 2. The predicted octanol–water partition coefficient (Wildman–Crippen LogP) is 3.15. The topological polar surface area (TPSA) is 54.7 Å². The van der Waals surface area contributed by atoms with Gasteiger partial charge in [-0.15, -0.1) is 0 Å². The Morgan fingerprint density at radius 2 is 2.12 bits per heavy atom. The van der Waals surface area contributed by atoms with Crippen LogP contribution < -0.4 is 5.73 Å². The van der Waals surface area contributed by atoms with Crippen LogP contribution in [0.1, 0.15) is 11.3 Å². The Morgan fingerprint density at radius 3 is 2.69 bits per heavy atom. The highest BCUT2D eigenvalue weighted by Gasteiger charge is 2.12. The molecule has 0 bridgehead atoms. The molecule has 5 heteroatoms. The van der Waals surface area contributed by atoms with E-state index in [4.69, 9.17) is 28.9 Å². The van der Waals surface area contributed by atoms with Crippen molar-refractivity contribution >= 4 is 23.2 Å². The highest BCUT2D eigenvalue weighted by atomic mass is 35.5. The Kier molecular flexibility index (Phi) is 3.19. The number of nitrogens with zero attached hydrogens (tertiary/aromatic N) is 1. The molecule has 0 radical (unpaired) electrons. The summed E-state index contributed by atoms with van der Waals surface area (Å²) in [6.45, 7) is 2.40. The molecule has 0 aliphatic carbocycles. The average Bonchev–Trinajstić information content (AvgIpc) is 2.60. The third-order valence-corrected chi connectivity index (χ3v) is 3.05. The van der Waals surface area contributed by atoms with Gasteiger partial charge in [0.25, 0.3) is 0 Å². The van der Waals surface area contributed by atoms with Crippen molar-refractivity contribution in [2.75, 3.05) is 0 Å². The van der Waals surface area contributed by atoms with E-state index in [0.29, 0.717) is 16.6 Å². The van der Waals surface area contributed by atoms with Crippen molar-refractivity contribution in [2.45, 2.75) is 13.5 Å². The number of nitrogens with two attached hydrogens (primary N) is 1. The second-order valence-corrected chi connectivity index (χ2v) is 4.35. The lowest BCUT2D eigenvalue weighted by Crippen LogP contribution is -1.98. The van der Waals surface area contributed by atoms with Crippen LogP contribution in [0.25, 0.3) is 11.3 Å². The molecular formula is C11H11Cl2N3. The molecule has 2 aromatic rings. The van der Waals surface area contributed by atoms with Crippen LogP contribution in [0.5, 0.6) is 0 Å². The van der Waals surface area contributed by atoms with Crippen molar-refractivity contribution in [3.63, 3.8) is 0 Å². The Balaban J connectivity index is 2.54. The normalized spacial score (nSPS) is 10.8. The van der Waals surface area contributed by atoms with Gasteiger partial charge in [0.15, 0.2) is 0 Å². The summed E-state index contributed by atoms with van der Waals surface area (Å²) < 4.78 is 0. The predicted molar refractivity (Wildman–Crippen MR) is 66.7 cm³/mol. The van der Waals surface area contributed by atoms with E-state index in [0.717, 1.165) is 22.5 Å². The molecule has 0 aliphatic heterocycles. The molecule has 0 saturated heterocycles. The molecule has 0 atom stereocenters. The minimum Gasteiger partial charge on any atom is -0.325 e. The zero-order chi connectivity index (χ0) is 11.7. The number of nitrogens with one attached hydrogen (secondary N) is 1. The highest BCUT2D eigenvalue weighted by Crippen LogP contribution is 2.31. The van der Waals surface area contributed by atoms with Gasteiger partial charge in [-0.1, -0.05) is 23.2 Å². The largest absolute Gasteiger partial charge is 0.325 e. The molecule has 1 aromatic carbocycles. The van der Waals surface area contributed by atoms with E-state index in [1.54, 1.807) is 12.1 Å². The molecular weight excluding hydrogens is 245 g/mol. The third kappa shape index (κ3) is 1.94. The van der Waals surface area contributed by atoms with Gasteiger partial charge in [0.05, 0.1) is 16.4 Å². The zero-order valence-electron chi connectivity index (χ0n) is 8.72. The second kappa shape index (κ2) is 4.45. The molecule has 3 nitrogen and oxygen atoms in total. The van der Waals surface area contributed by atoms with Gasteiger partial charge in [-0.25, -0.2) is 0 Å². The Bertz CT molecular complexity index is 520. The van der Waals surface area contributed by atoms with Crippen LogP contribution >= 0.6 is 23.2 Å². The first-order chi connectivity index (χ1) is 7.63. The SMILES string of the molecule is Cc1c(-c2ccc(Cl)cc2Cl)n[nH]c1CN. The quantitative estimate of drug-likeness (QED) is 0.867. The number of aromatic amines is 1. The molecule has 1 aromatic heterocycles. The van der Waals surface area contributed by atoms with E-state index in [2.05, 4.69) is 10.2 Å². The van der Waals surface area contributed by atoms with Gasteiger partial charge in [0.2, 0.25) is 0 Å². The van der Waals surface area contributed by atoms with Crippen LogP contribution in [0.2, 0.25) is 10.0 Å². The zero-order valence-corrected chi connectivity index (χ0v) is 10.2. The summed E-state index contributed by atoms with van der Waals surface area (Å²) >= 11 is 12.0. The fourth-order valence-electron chi connectivity index (χ4n) is 1.58. The lowest BCUT2D eigenvalue weighted by Gasteiger charge is -2.02. The van der Waals surface area contributed by atoms with E-state index >= 15 is 0 Å². The molecule has 84 valence electrons. The molecule has 0 saturated carbocycles. The maximum absolute atomic E-state index is 6.12. The van der Waals surface area contributed by atoms with Crippen LogP contribution in [0.15, 0.2) is 18.2 Å². The summed E-state index contributed by atoms with van der Waals surface area (Å²) in [5.74, 6) is 0. The molecule has 0 unspecified atom stereocenters. The van der Waals surface area contributed by atoms with Crippen LogP contribution in [-0.2, 0) is 6.54 Å². The van der Waals surface area contributed by atoms with Gasteiger partial charge < -0.3 is 5.73 Å². The first-order valence-electron chi connectivity index (χ1n) is 4.83. The van der Waals surface area contributed by atoms with Crippen LogP contribution in [0.4, 0.5) is 0 Å². The molecule has 16 heavy (non-hydrogen) atoms. The van der Waals surface area contributed by atoms with Crippen molar-refractivity contribution in [2.24, 2.45) is 5.73 Å². The summed E-state index contributed by atoms with van der Waals surface area (Å²) in [5, 5.41) is 8.31. The summed E-state index contributed by atoms with van der Waals surface area (Å²) in [5.41, 5.74) is 9.20. The second-order valence-electron chi connectivity index (χ2n) is 3.50. The van der Waals surface area contributed by atoms with Crippen LogP contribution in [-0.4, -0.2) is 10.2 Å². The van der Waals surface area contributed by atoms with E-state index in [-0.39, 0.29) is 0 Å². The highest BCUT2D eigenvalue weighted by molar-refractivity contribution is 6.36. The lowest BCUT2D eigenvalue weighted by molar-refractivity contribution is 0.941. The summed E-state index contributed by atoms with van der Waals surface area (Å²) in [7, 11) is 0. The van der Waals surface area contributed by atoms with Crippen LogP contribution in [0.3, 0.4) is 0 Å². The van der Waals surface area contributed by atoms with Gasteiger partial charge >= 0.3 is 0 Å². The van der Waals surface area contributed by atoms with Crippen molar-refractivity contribution in [3.05, 3.63) is 39.5 Å². The van der Waals surface area contributed by atoms with E-state index < -0.39 is 0 Å².